The van der Waals surface area contributed by atoms with E-state index in [1.807, 2.05) is 54.7 Å². The van der Waals surface area contributed by atoms with Crippen molar-refractivity contribution in [1.82, 2.24) is 9.88 Å². The molecule has 1 fully saturated rings. The second-order valence-corrected chi connectivity index (χ2v) is 7.73. The maximum atomic E-state index is 12.9. The number of carbonyl (C=O) groups excluding carboxylic acids is 1. The van der Waals surface area contributed by atoms with E-state index in [4.69, 9.17) is 16.3 Å². The SMILES string of the molecule is O=C(CC1CCN(CCl)CC1)c1c[nH]c2ccc(OCc3ccccc3)cc12. The van der Waals surface area contributed by atoms with Crippen LogP contribution in [-0.4, -0.2) is 34.8 Å². The number of aromatic amines is 1. The summed E-state index contributed by atoms with van der Waals surface area (Å²) in [6.07, 6.45) is 4.50. The predicted molar refractivity (Wildman–Crippen MR) is 113 cm³/mol. The Balaban J connectivity index is 1.44. The number of nitrogens with one attached hydrogen (secondary N) is 1. The normalized spacial score (nSPS) is 15.8. The number of hydrogen-bond acceptors (Lipinski definition) is 3. The van der Waals surface area contributed by atoms with Gasteiger partial charge in [0.25, 0.3) is 0 Å². The van der Waals surface area contributed by atoms with Crippen molar-refractivity contribution >= 4 is 28.3 Å². The lowest BCUT2D eigenvalue weighted by Crippen LogP contribution is -2.33. The standard InChI is InChI=1S/C23H25ClN2O2/c24-16-26-10-8-17(9-11-26)12-23(27)21-14-25-22-7-6-19(13-20(21)22)28-15-18-4-2-1-3-5-18/h1-7,13-14,17,25H,8-12,15-16H2. The Morgan fingerprint density at radius 1 is 1.14 bits per heavy atom. The molecule has 0 amide bonds. The maximum Gasteiger partial charge on any atom is 0.165 e. The van der Waals surface area contributed by atoms with Gasteiger partial charge >= 0.3 is 0 Å². The van der Waals surface area contributed by atoms with E-state index in [9.17, 15) is 4.79 Å². The van der Waals surface area contributed by atoms with Gasteiger partial charge in [-0.05, 0) is 55.6 Å². The summed E-state index contributed by atoms with van der Waals surface area (Å²) in [6, 6.07) is 16.5. The first-order valence-electron chi connectivity index (χ1n) is 9.82. The summed E-state index contributed by atoms with van der Waals surface area (Å²) in [5.41, 5.74) is 2.85. The summed E-state index contributed by atoms with van der Waals surface area (Å²) >= 11 is 5.90. The number of piperidine rings is 1. The Morgan fingerprint density at radius 2 is 1.93 bits per heavy atom. The minimum Gasteiger partial charge on any atom is -0.489 e. The Hall–Kier alpha value is -2.30. The topological polar surface area (TPSA) is 45.3 Å². The molecule has 1 saturated heterocycles. The molecule has 2 aromatic carbocycles. The highest BCUT2D eigenvalue weighted by Gasteiger charge is 2.23. The van der Waals surface area contributed by atoms with Crippen LogP contribution in [0, 0.1) is 5.92 Å². The number of benzene rings is 2. The molecule has 3 aromatic rings. The molecule has 0 spiro atoms. The van der Waals surface area contributed by atoms with Crippen molar-refractivity contribution in [3.05, 3.63) is 65.9 Å². The molecule has 0 atom stereocenters. The summed E-state index contributed by atoms with van der Waals surface area (Å²) in [6.45, 7) is 2.47. The third-order valence-corrected chi connectivity index (χ3v) is 5.89. The third kappa shape index (κ3) is 4.40. The van der Waals surface area contributed by atoms with Gasteiger partial charge in [-0.1, -0.05) is 30.3 Å². The van der Waals surface area contributed by atoms with Gasteiger partial charge in [0.15, 0.2) is 5.78 Å². The smallest absolute Gasteiger partial charge is 0.165 e. The van der Waals surface area contributed by atoms with Gasteiger partial charge < -0.3 is 9.72 Å². The van der Waals surface area contributed by atoms with Gasteiger partial charge in [-0.2, -0.15) is 0 Å². The molecule has 146 valence electrons. The Kier molecular flexibility index (Phi) is 5.98. The van der Waals surface area contributed by atoms with Gasteiger partial charge in [-0.3, -0.25) is 9.69 Å². The highest BCUT2D eigenvalue weighted by molar-refractivity contribution is 6.17. The summed E-state index contributed by atoms with van der Waals surface area (Å²) in [7, 11) is 0. The number of fused-ring (bicyclic) bond motifs is 1. The average molecular weight is 397 g/mol. The molecular formula is C23H25ClN2O2. The van der Waals surface area contributed by atoms with Crippen LogP contribution in [0.15, 0.2) is 54.7 Å². The number of ether oxygens (including phenoxy) is 1. The van der Waals surface area contributed by atoms with E-state index >= 15 is 0 Å². The second-order valence-electron chi connectivity index (χ2n) is 7.49. The van der Waals surface area contributed by atoms with Gasteiger partial charge in [0.2, 0.25) is 0 Å². The van der Waals surface area contributed by atoms with Gasteiger partial charge in [0.1, 0.15) is 12.4 Å². The lowest BCUT2D eigenvalue weighted by molar-refractivity contribution is 0.0936. The minimum atomic E-state index is 0.204. The lowest BCUT2D eigenvalue weighted by atomic mass is 9.90. The number of halogens is 1. The maximum absolute atomic E-state index is 12.9. The fraction of sp³-hybridized carbons (Fsp3) is 0.348. The van der Waals surface area contributed by atoms with Gasteiger partial charge in [0.05, 0.1) is 6.00 Å². The van der Waals surface area contributed by atoms with E-state index in [0.717, 1.165) is 53.7 Å². The highest BCUT2D eigenvalue weighted by Crippen LogP contribution is 2.28. The molecule has 0 bridgehead atoms. The Bertz CT molecular complexity index is 930. The summed E-state index contributed by atoms with van der Waals surface area (Å²) in [4.78, 5) is 18.4. The van der Waals surface area contributed by atoms with Crippen LogP contribution in [0.3, 0.4) is 0 Å². The lowest BCUT2D eigenvalue weighted by Gasteiger charge is -2.29. The van der Waals surface area contributed by atoms with Crippen molar-refractivity contribution in [3.63, 3.8) is 0 Å². The number of alkyl halides is 1. The summed E-state index contributed by atoms with van der Waals surface area (Å²) in [5, 5.41) is 0.939. The molecule has 0 unspecified atom stereocenters. The first kappa shape index (κ1) is 19.0. The number of H-pyrrole nitrogens is 1. The van der Waals surface area contributed by atoms with Crippen LogP contribution in [0.5, 0.6) is 5.75 Å². The van der Waals surface area contributed by atoms with Crippen LogP contribution in [-0.2, 0) is 6.61 Å². The van der Waals surface area contributed by atoms with Gasteiger partial charge in [-0.15, -0.1) is 11.6 Å². The molecule has 4 rings (SSSR count). The van der Waals surface area contributed by atoms with E-state index in [1.54, 1.807) is 0 Å². The largest absolute Gasteiger partial charge is 0.489 e. The van der Waals surface area contributed by atoms with E-state index in [0.29, 0.717) is 24.9 Å². The van der Waals surface area contributed by atoms with Crippen molar-refractivity contribution in [2.24, 2.45) is 5.92 Å². The molecular weight excluding hydrogens is 372 g/mol. The van der Waals surface area contributed by atoms with E-state index < -0.39 is 0 Å². The molecule has 1 aliphatic rings. The van der Waals surface area contributed by atoms with E-state index in [2.05, 4.69) is 9.88 Å². The van der Waals surface area contributed by atoms with Crippen LogP contribution in [0.25, 0.3) is 10.9 Å². The zero-order chi connectivity index (χ0) is 19.3. The minimum absolute atomic E-state index is 0.204. The number of likely N-dealkylation sites (tertiary alicyclic amines) is 1. The van der Waals surface area contributed by atoms with Crippen LogP contribution in [0.4, 0.5) is 0 Å². The highest BCUT2D eigenvalue weighted by atomic mass is 35.5. The number of aromatic nitrogens is 1. The third-order valence-electron chi connectivity index (χ3n) is 5.55. The quantitative estimate of drug-likeness (QED) is 0.338. The Labute approximate surface area is 170 Å². The molecule has 0 radical (unpaired) electrons. The molecule has 0 aliphatic carbocycles. The second kappa shape index (κ2) is 8.80. The Morgan fingerprint density at radius 3 is 2.68 bits per heavy atom. The van der Waals surface area contributed by atoms with Crippen molar-refractivity contribution < 1.29 is 9.53 Å². The molecule has 0 saturated carbocycles. The molecule has 1 aromatic heterocycles. The van der Waals surface area contributed by atoms with Crippen LogP contribution < -0.4 is 4.74 Å². The zero-order valence-corrected chi connectivity index (χ0v) is 16.6. The van der Waals surface area contributed by atoms with Crippen LogP contribution >= 0.6 is 11.6 Å². The molecule has 4 nitrogen and oxygen atoms in total. The predicted octanol–water partition coefficient (Wildman–Crippen LogP) is 5.23. The molecule has 1 N–H and O–H groups in total. The number of nitrogens with zero attached hydrogens (tertiary/aromatic N) is 1. The monoisotopic (exact) mass is 396 g/mol. The molecule has 2 heterocycles. The van der Waals surface area contributed by atoms with Crippen molar-refractivity contribution in [2.45, 2.75) is 25.9 Å². The summed E-state index contributed by atoms with van der Waals surface area (Å²) in [5.74, 6) is 1.42. The summed E-state index contributed by atoms with van der Waals surface area (Å²) < 4.78 is 5.94. The molecule has 1 aliphatic heterocycles. The number of hydrogen-bond donors (Lipinski definition) is 1. The van der Waals surface area contributed by atoms with Gasteiger partial charge in [-0.25, -0.2) is 0 Å². The zero-order valence-electron chi connectivity index (χ0n) is 15.9. The molecule has 28 heavy (non-hydrogen) atoms. The van der Waals surface area contributed by atoms with E-state index in [1.165, 1.54) is 0 Å². The van der Waals surface area contributed by atoms with Crippen molar-refractivity contribution in [3.8, 4) is 5.75 Å². The number of Topliss-reactive ketones (excluding diaryl/α,β-unsaturated/α-hetero) is 1. The van der Waals surface area contributed by atoms with Crippen LogP contribution in [0.1, 0.15) is 35.2 Å². The fourth-order valence-corrected chi connectivity index (χ4v) is 4.08. The average Bonchev–Trinajstić information content (AvgIpc) is 3.17. The first-order valence-corrected chi connectivity index (χ1v) is 10.4. The first-order chi connectivity index (χ1) is 13.7. The number of carbonyl (C=O) groups is 1. The number of ketones is 1. The van der Waals surface area contributed by atoms with Gasteiger partial charge in [0, 0.05) is 29.1 Å². The fourth-order valence-electron chi connectivity index (χ4n) is 3.84. The molecule has 5 heteroatoms. The van der Waals surface area contributed by atoms with Crippen molar-refractivity contribution in [2.75, 3.05) is 19.1 Å². The number of rotatable bonds is 7. The van der Waals surface area contributed by atoms with E-state index in [-0.39, 0.29) is 5.78 Å². The van der Waals surface area contributed by atoms with Crippen molar-refractivity contribution in [1.29, 1.82) is 0 Å². The van der Waals surface area contributed by atoms with Crippen LogP contribution in [0.2, 0.25) is 0 Å².